The van der Waals surface area contributed by atoms with Gasteiger partial charge in [-0.2, -0.15) is 11.8 Å². The first-order valence-corrected chi connectivity index (χ1v) is 6.52. The number of thioether (sulfide) groups is 2. The monoisotopic (exact) mass is 241 g/mol. The van der Waals surface area contributed by atoms with E-state index < -0.39 is 23.5 Å². The van der Waals surface area contributed by atoms with E-state index in [1.54, 1.807) is 0 Å². The molecule has 14 heavy (non-hydrogen) atoms. The molecule has 1 unspecified atom stereocenters. The lowest BCUT2D eigenvalue weighted by atomic mass is 10.2. The lowest BCUT2D eigenvalue weighted by Gasteiger charge is -2.30. The van der Waals surface area contributed by atoms with Gasteiger partial charge in [-0.05, 0) is 6.26 Å². The van der Waals surface area contributed by atoms with Gasteiger partial charge in [0.1, 0.15) is 4.87 Å². The molecule has 1 aliphatic heterocycles. The highest BCUT2D eigenvalue weighted by atomic mass is 32.2. The van der Waals surface area contributed by atoms with Crippen LogP contribution in [0.4, 0.5) is 0 Å². The van der Waals surface area contributed by atoms with Crippen LogP contribution in [-0.4, -0.2) is 61.7 Å². The van der Waals surface area contributed by atoms with Crippen molar-refractivity contribution in [3.63, 3.8) is 0 Å². The predicted molar refractivity (Wildman–Crippen MR) is 56.9 cm³/mol. The Hall–Kier alpha value is 0.500. The Balaban J connectivity index is 2.64. The van der Waals surface area contributed by atoms with Crippen molar-refractivity contribution in [1.29, 1.82) is 0 Å². The van der Waals surface area contributed by atoms with Gasteiger partial charge in [0.05, 0.1) is 6.04 Å². The Kier molecular flexibility index (Phi) is 4.51. The zero-order valence-electron chi connectivity index (χ0n) is 7.75. The third-order valence-electron chi connectivity index (χ3n) is 2.09. The van der Waals surface area contributed by atoms with Gasteiger partial charge in [-0.1, -0.05) is 0 Å². The summed E-state index contributed by atoms with van der Waals surface area (Å²) >= 11 is 2.78. The van der Waals surface area contributed by atoms with Crippen LogP contribution in [0.1, 0.15) is 0 Å². The molecule has 0 radical (unpaired) electrons. The Morgan fingerprint density at radius 1 is 1.50 bits per heavy atom. The van der Waals surface area contributed by atoms with Crippen LogP contribution in [0, 0.1) is 0 Å². The standard InChI is InChI=1S/C7H15NO4S2/c1-13-3-7(6(11)12)8-4(2-14-7)5(9)10/h4-6,8-12H,2-3H2,1H3/t4-,7?/m0/s1. The lowest BCUT2D eigenvalue weighted by molar-refractivity contribution is -0.0925. The Bertz CT molecular complexity index is 193. The van der Waals surface area contributed by atoms with Crippen LogP contribution in [0.5, 0.6) is 0 Å². The first-order chi connectivity index (χ1) is 6.52. The summed E-state index contributed by atoms with van der Waals surface area (Å²) in [6, 6.07) is -0.506. The molecule has 0 amide bonds. The van der Waals surface area contributed by atoms with Crippen LogP contribution in [0.15, 0.2) is 0 Å². The van der Waals surface area contributed by atoms with Gasteiger partial charge in [0.2, 0.25) is 0 Å². The minimum atomic E-state index is -1.51. The lowest BCUT2D eigenvalue weighted by Crippen LogP contribution is -2.55. The second-order valence-electron chi connectivity index (χ2n) is 3.17. The van der Waals surface area contributed by atoms with Crippen molar-refractivity contribution in [2.45, 2.75) is 23.5 Å². The van der Waals surface area contributed by atoms with E-state index in [1.165, 1.54) is 23.5 Å². The van der Waals surface area contributed by atoms with Crippen molar-refractivity contribution in [1.82, 2.24) is 5.32 Å². The average molecular weight is 241 g/mol. The molecule has 84 valence electrons. The Morgan fingerprint density at radius 3 is 2.50 bits per heavy atom. The molecule has 1 aliphatic rings. The van der Waals surface area contributed by atoms with E-state index in [0.29, 0.717) is 11.5 Å². The SMILES string of the molecule is CSCC1(C(O)O)N[C@H](C(O)O)CS1. The third-order valence-corrected chi connectivity index (χ3v) is 4.53. The van der Waals surface area contributed by atoms with E-state index in [9.17, 15) is 10.2 Å². The molecular formula is C7H15NO4S2. The van der Waals surface area contributed by atoms with Crippen molar-refractivity contribution in [3.8, 4) is 0 Å². The zero-order chi connectivity index (χ0) is 10.8. The molecule has 0 saturated carbocycles. The summed E-state index contributed by atoms with van der Waals surface area (Å²) in [4.78, 5) is -0.881. The molecule has 0 aromatic carbocycles. The summed E-state index contributed by atoms with van der Waals surface area (Å²) in [6.07, 6.45) is -1.12. The minimum absolute atomic E-state index is 0.454. The molecule has 1 heterocycles. The smallest absolute Gasteiger partial charge is 0.180 e. The van der Waals surface area contributed by atoms with Gasteiger partial charge in [0, 0.05) is 11.5 Å². The van der Waals surface area contributed by atoms with Crippen LogP contribution in [0.2, 0.25) is 0 Å². The quantitative estimate of drug-likeness (QED) is 0.377. The van der Waals surface area contributed by atoms with Gasteiger partial charge in [-0.3, -0.25) is 5.32 Å². The number of aliphatic hydroxyl groups is 4. The first kappa shape index (κ1) is 12.6. The number of nitrogens with one attached hydrogen (secondary N) is 1. The fraction of sp³-hybridized carbons (Fsp3) is 1.00. The summed E-state index contributed by atoms with van der Waals surface area (Å²) in [5.74, 6) is 0.953. The van der Waals surface area contributed by atoms with Gasteiger partial charge in [0.15, 0.2) is 12.6 Å². The van der Waals surface area contributed by atoms with Crippen LogP contribution in [0.3, 0.4) is 0 Å². The molecule has 1 saturated heterocycles. The maximum absolute atomic E-state index is 9.23. The molecule has 5 nitrogen and oxygen atoms in total. The molecule has 0 aliphatic carbocycles. The molecular weight excluding hydrogens is 226 g/mol. The highest BCUT2D eigenvalue weighted by Crippen LogP contribution is 2.35. The van der Waals surface area contributed by atoms with Crippen LogP contribution < -0.4 is 5.32 Å². The van der Waals surface area contributed by atoms with Crippen LogP contribution >= 0.6 is 23.5 Å². The van der Waals surface area contributed by atoms with Crippen molar-refractivity contribution >= 4 is 23.5 Å². The minimum Gasteiger partial charge on any atom is -0.367 e. The fourth-order valence-electron chi connectivity index (χ4n) is 1.32. The summed E-state index contributed by atoms with van der Waals surface area (Å²) in [6.45, 7) is 0. The summed E-state index contributed by atoms with van der Waals surface area (Å²) < 4.78 is 0. The molecule has 0 spiro atoms. The van der Waals surface area contributed by atoms with Gasteiger partial charge in [-0.25, -0.2) is 0 Å². The van der Waals surface area contributed by atoms with Crippen molar-refractivity contribution in [2.75, 3.05) is 17.8 Å². The maximum Gasteiger partial charge on any atom is 0.180 e. The Morgan fingerprint density at radius 2 is 2.14 bits per heavy atom. The topological polar surface area (TPSA) is 93.0 Å². The molecule has 1 fully saturated rings. The second-order valence-corrected chi connectivity index (χ2v) is 5.39. The van der Waals surface area contributed by atoms with Crippen molar-refractivity contribution < 1.29 is 20.4 Å². The normalized spacial score (nSPS) is 33.2. The largest absolute Gasteiger partial charge is 0.367 e. The first-order valence-electron chi connectivity index (χ1n) is 4.15. The second kappa shape index (κ2) is 5.02. The van der Waals surface area contributed by atoms with Gasteiger partial charge < -0.3 is 20.4 Å². The van der Waals surface area contributed by atoms with Crippen molar-refractivity contribution in [3.05, 3.63) is 0 Å². The molecule has 2 atom stereocenters. The molecule has 5 N–H and O–H groups in total. The third kappa shape index (κ3) is 2.54. The van der Waals surface area contributed by atoms with Gasteiger partial charge >= 0.3 is 0 Å². The summed E-state index contributed by atoms with van der Waals surface area (Å²) in [7, 11) is 0. The summed E-state index contributed by atoms with van der Waals surface area (Å²) in [5.41, 5.74) is 0. The molecule has 0 aromatic rings. The number of hydrogen-bond acceptors (Lipinski definition) is 7. The molecule has 1 rings (SSSR count). The van der Waals surface area contributed by atoms with Crippen molar-refractivity contribution in [2.24, 2.45) is 0 Å². The van der Waals surface area contributed by atoms with Crippen LogP contribution in [-0.2, 0) is 0 Å². The van der Waals surface area contributed by atoms with E-state index in [4.69, 9.17) is 10.2 Å². The fourth-order valence-corrected chi connectivity index (χ4v) is 3.78. The van der Waals surface area contributed by atoms with E-state index in [0.717, 1.165) is 0 Å². The number of rotatable bonds is 4. The predicted octanol–water partition coefficient (Wildman–Crippen LogP) is -1.63. The van der Waals surface area contributed by atoms with E-state index in [1.807, 2.05) is 6.26 Å². The molecule has 0 aromatic heterocycles. The highest BCUT2D eigenvalue weighted by Gasteiger charge is 2.46. The van der Waals surface area contributed by atoms with Gasteiger partial charge in [-0.15, -0.1) is 11.8 Å². The molecule has 7 heteroatoms. The van der Waals surface area contributed by atoms with E-state index in [2.05, 4.69) is 5.32 Å². The van der Waals surface area contributed by atoms with E-state index >= 15 is 0 Å². The maximum atomic E-state index is 9.23. The van der Waals surface area contributed by atoms with E-state index in [-0.39, 0.29) is 0 Å². The number of hydrogen-bond donors (Lipinski definition) is 5. The average Bonchev–Trinajstić information content (AvgIpc) is 2.50. The van der Waals surface area contributed by atoms with Crippen LogP contribution in [0.25, 0.3) is 0 Å². The van der Waals surface area contributed by atoms with Gasteiger partial charge in [0.25, 0.3) is 0 Å². The Labute approximate surface area is 90.9 Å². The summed E-state index contributed by atoms with van der Waals surface area (Å²) in [5, 5.41) is 39.2. The number of aliphatic hydroxyl groups excluding tert-OH is 2. The molecule has 0 bridgehead atoms. The highest BCUT2D eigenvalue weighted by molar-refractivity contribution is 8.03. The zero-order valence-corrected chi connectivity index (χ0v) is 9.38.